The van der Waals surface area contributed by atoms with E-state index in [0.717, 1.165) is 22.2 Å². The van der Waals surface area contributed by atoms with E-state index in [1.165, 1.54) is 0 Å². The van der Waals surface area contributed by atoms with E-state index in [0.29, 0.717) is 24.3 Å². The molecule has 0 aliphatic rings. The van der Waals surface area contributed by atoms with Crippen molar-refractivity contribution in [1.29, 1.82) is 0 Å². The number of methoxy groups -OCH3 is 1. The lowest BCUT2D eigenvalue weighted by Crippen LogP contribution is -2.37. The van der Waals surface area contributed by atoms with Gasteiger partial charge in [-0.05, 0) is 48.5 Å². The summed E-state index contributed by atoms with van der Waals surface area (Å²) in [5, 5.41) is 3.70. The zero-order valence-corrected chi connectivity index (χ0v) is 19.1. The number of hydrogen-bond acceptors (Lipinski definition) is 4. The van der Waals surface area contributed by atoms with Gasteiger partial charge in [0.2, 0.25) is 0 Å². The molecule has 0 saturated carbocycles. The molecule has 172 valence electrons. The van der Waals surface area contributed by atoms with Crippen LogP contribution >= 0.6 is 0 Å². The summed E-state index contributed by atoms with van der Waals surface area (Å²) < 4.78 is 5.35. The van der Waals surface area contributed by atoms with E-state index in [4.69, 9.17) is 4.74 Å². The Kier molecular flexibility index (Phi) is 7.03. The van der Waals surface area contributed by atoms with E-state index in [9.17, 15) is 9.59 Å². The number of likely N-dealkylation sites (N-methyl/N-ethyl adjacent to an activating group) is 1. The highest BCUT2D eigenvalue weighted by Gasteiger charge is 2.19. The molecule has 4 rings (SSSR count). The Hall–Kier alpha value is -4.39. The van der Waals surface area contributed by atoms with E-state index in [1.807, 2.05) is 42.5 Å². The van der Waals surface area contributed by atoms with Gasteiger partial charge in [0.25, 0.3) is 11.8 Å². The van der Waals surface area contributed by atoms with Crippen LogP contribution in [0.15, 0.2) is 84.8 Å². The lowest BCUT2D eigenvalue weighted by molar-refractivity contribution is -0.126. The minimum Gasteiger partial charge on any atom is -0.497 e. The van der Waals surface area contributed by atoms with Crippen LogP contribution in [0.5, 0.6) is 5.75 Å². The fourth-order valence-corrected chi connectivity index (χ4v) is 3.59. The number of benzene rings is 2. The first kappa shape index (κ1) is 22.8. The average molecular weight is 455 g/mol. The number of nitrogens with zero attached hydrogens (tertiary/aromatic N) is 2. The van der Waals surface area contributed by atoms with Gasteiger partial charge in [0.05, 0.1) is 7.11 Å². The number of hydrogen-bond donors (Lipinski definition) is 2. The Bertz CT molecular complexity index is 1310. The molecule has 2 aromatic heterocycles. The molecule has 7 heteroatoms. The van der Waals surface area contributed by atoms with Crippen molar-refractivity contribution in [2.45, 2.75) is 6.42 Å². The SMILES string of the molecule is COc1ccc2[nH]cc(C=C(NC(=O)c3ccccc3)C(=O)N(C)CCc3ccccn3)c2c1. The van der Waals surface area contributed by atoms with Gasteiger partial charge in [-0.2, -0.15) is 0 Å². The monoisotopic (exact) mass is 454 g/mol. The number of aromatic amines is 1. The van der Waals surface area contributed by atoms with Crippen molar-refractivity contribution in [2.24, 2.45) is 0 Å². The van der Waals surface area contributed by atoms with Crippen molar-refractivity contribution in [2.75, 3.05) is 20.7 Å². The Morgan fingerprint density at radius 2 is 1.88 bits per heavy atom. The third-order valence-electron chi connectivity index (χ3n) is 5.51. The van der Waals surface area contributed by atoms with Gasteiger partial charge in [-0.1, -0.05) is 24.3 Å². The first-order valence-electron chi connectivity index (χ1n) is 10.9. The van der Waals surface area contributed by atoms with Gasteiger partial charge >= 0.3 is 0 Å². The molecular weight excluding hydrogens is 428 g/mol. The molecule has 0 aliphatic heterocycles. The van der Waals surface area contributed by atoms with Crippen LogP contribution in [0, 0.1) is 0 Å². The number of H-pyrrole nitrogens is 1. The van der Waals surface area contributed by atoms with Crippen LogP contribution in [0.25, 0.3) is 17.0 Å². The maximum atomic E-state index is 13.4. The average Bonchev–Trinajstić information content (AvgIpc) is 3.29. The predicted octanol–water partition coefficient (Wildman–Crippen LogP) is 4.04. The highest BCUT2D eigenvalue weighted by Crippen LogP contribution is 2.25. The maximum Gasteiger partial charge on any atom is 0.270 e. The highest BCUT2D eigenvalue weighted by atomic mass is 16.5. The number of aromatic nitrogens is 2. The lowest BCUT2D eigenvalue weighted by atomic mass is 10.1. The molecule has 2 aromatic carbocycles. The molecule has 0 saturated heterocycles. The van der Waals surface area contributed by atoms with E-state index in [-0.39, 0.29) is 17.5 Å². The van der Waals surface area contributed by atoms with Gasteiger partial charge < -0.3 is 19.9 Å². The van der Waals surface area contributed by atoms with E-state index < -0.39 is 0 Å². The van der Waals surface area contributed by atoms with E-state index >= 15 is 0 Å². The number of rotatable bonds is 8. The molecule has 0 unspecified atom stereocenters. The Morgan fingerprint density at radius 3 is 2.62 bits per heavy atom. The largest absolute Gasteiger partial charge is 0.497 e. The summed E-state index contributed by atoms with van der Waals surface area (Å²) >= 11 is 0. The molecular formula is C27H26N4O3. The smallest absolute Gasteiger partial charge is 0.270 e. The molecule has 2 amide bonds. The highest BCUT2D eigenvalue weighted by molar-refractivity contribution is 6.06. The topological polar surface area (TPSA) is 87.3 Å². The summed E-state index contributed by atoms with van der Waals surface area (Å²) in [4.78, 5) is 35.4. The normalized spacial score (nSPS) is 11.3. The van der Waals surface area contributed by atoms with Crippen molar-refractivity contribution in [3.05, 3.63) is 102 Å². The molecule has 4 aromatic rings. The summed E-state index contributed by atoms with van der Waals surface area (Å²) in [5.74, 6) is 0.0589. The molecule has 0 radical (unpaired) electrons. The van der Waals surface area contributed by atoms with Gasteiger partial charge in [-0.3, -0.25) is 14.6 Å². The summed E-state index contributed by atoms with van der Waals surface area (Å²) in [6.45, 7) is 0.454. The number of fused-ring (bicyclic) bond motifs is 1. The molecule has 2 N–H and O–H groups in total. The maximum absolute atomic E-state index is 13.4. The fraction of sp³-hybridized carbons (Fsp3) is 0.148. The minimum atomic E-state index is -0.351. The van der Waals surface area contributed by atoms with Crippen LogP contribution in [0.1, 0.15) is 21.6 Å². The van der Waals surface area contributed by atoms with Crippen molar-refractivity contribution < 1.29 is 14.3 Å². The zero-order valence-electron chi connectivity index (χ0n) is 19.1. The quantitative estimate of drug-likeness (QED) is 0.393. The lowest BCUT2D eigenvalue weighted by Gasteiger charge is -2.19. The summed E-state index contributed by atoms with van der Waals surface area (Å²) in [7, 11) is 3.32. The van der Waals surface area contributed by atoms with Crippen molar-refractivity contribution >= 4 is 28.8 Å². The number of carbonyl (C=O) groups is 2. The van der Waals surface area contributed by atoms with Crippen LogP contribution in [0.3, 0.4) is 0 Å². The second-order valence-corrected chi connectivity index (χ2v) is 7.83. The van der Waals surface area contributed by atoms with E-state index in [1.54, 1.807) is 61.8 Å². The minimum absolute atomic E-state index is 0.182. The summed E-state index contributed by atoms with van der Waals surface area (Å²) in [6.07, 6.45) is 5.83. The number of nitrogens with one attached hydrogen (secondary N) is 2. The van der Waals surface area contributed by atoms with Gasteiger partial charge in [-0.15, -0.1) is 0 Å². The Balaban J connectivity index is 1.63. The van der Waals surface area contributed by atoms with Crippen molar-refractivity contribution in [1.82, 2.24) is 20.2 Å². The molecule has 34 heavy (non-hydrogen) atoms. The van der Waals surface area contributed by atoms with Crippen LogP contribution in [0.2, 0.25) is 0 Å². The van der Waals surface area contributed by atoms with Crippen LogP contribution in [0.4, 0.5) is 0 Å². The van der Waals surface area contributed by atoms with Crippen molar-refractivity contribution in [3.8, 4) is 5.75 Å². The van der Waals surface area contributed by atoms with E-state index in [2.05, 4.69) is 15.3 Å². The van der Waals surface area contributed by atoms with Gasteiger partial charge in [0.1, 0.15) is 11.4 Å². The Morgan fingerprint density at radius 1 is 1.09 bits per heavy atom. The van der Waals surface area contributed by atoms with Crippen LogP contribution in [-0.2, 0) is 11.2 Å². The number of carbonyl (C=O) groups excluding carboxylic acids is 2. The molecule has 0 atom stereocenters. The molecule has 2 heterocycles. The molecule has 7 nitrogen and oxygen atoms in total. The molecule has 0 bridgehead atoms. The molecule has 0 spiro atoms. The third kappa shape index (κ3) is 5.32. The number of ether oxygens (including phenoxy) is 1. The second-order valence-electron chi connectivity index (χ2n) is 7.83. The van der Waals surface area contributed by atoms with Gasteiger partial charge in [0, 0.05) is 60.1 Å². The first-order valence-corrected chi connectivity index (χ1v) is 10.9. The van der Waals surface area contributed by atoms with Gasteiger partial charge in [-0.25, -0.2) is 0 Å². The number of pyridine rings is 1. The van der Waals surface area contributed by atoms with Gasteiger partial charge in [0.15, 0.2) is 0 Å². The fourth-order valence-electron chi connectivity index (χ4n) is 3.59. The zero-order chi connectivity index (χ0) is 23.9. The Labute approximate surface area is 198 Å². The second kappa shape index (κ2) is 10.5. The molecule has 0 fully saturated rings. The predicted molar refractivity (Wildman–Crippen MR) is 132 cm³/mol. The first-order chi connectivity index (χ1) is 16.5. The van der Waals surface area contributed by atoms with Crippen LogP contribution in [-0.4, -0.2) is 47.4 Å². The summed E-state index contributed by atoms with van der Waals surface area (Å²) in [6, 6.07) is 20.2. The standard InChI is InChI=1S/C27H26N4O3/c1-31(15-13-21-10-6-7-14-28-21)27(33)25(30-26(32)19-8-4-3-5-9-19)16-20-18-29-24-12-11-22(34-2)17-23(20)24/h3-12,14,16-18,29H,13,15H2,1-2H3,(H,30,32). The molecule has 0 aliphatic carbocycles. The number of amides is 2. The summed E-state index contributed by atoms with van der Waals surface area (Å²) in [5.41, 5.74) is 3.21. The third-order valence-corrected chi connectivity index (χ3v) is 5.51. The van der Waals surface area contributed by atoms with Crippen LogP contribution < -0.4 is 10.1 Å². The van der Waals surface area contributed by atoms with Crippen molar-refractivity contribution in [3.63, 3.8) is 0 Å².